The van der Waals surface area contributed by atoms with Crippen LogP contribution in [0.15, 0.2) is 0 Å². The highest BCUT2D eigenvalue weighted by atomic mass is 35.5. The van der Waals surface area contributed by atoms with Crippen molar-refractivity contribution in [3.63, 3.8) is 0 Å². The summed E-state index contributed by atoms with van der Waals surface area (Å²) in [4.78, 5) is 11.5. The molecule has 2 N–H and O–H groups in total. The van der Waals surface area contributed by atoms with E-state index in [0.717, 1.165) is 25.7 Å². The molecule has 1 saturated carbocycles. The molecule has 1 aliphatic carbocycles. The van der Waals surface area contributed by atoms with Crippen LogP contribution in [0.5, 0.6) is 0 Å². The van der Waals surface area contributed by atoms with Crippen molar-refractivity contribution in [1.29, 1.82) is 0 Å². The summed E-state index contributed by atoms with van der Waals surface area (Å²) in [6, 6.07) is 0. The molecule has 0 aromatic heterocycles. The Kier molecular flexibility index (Phi) is 4.41. The van der Waals surface area contributed by atoms with E-state index in [9.17, 15) is 9.90 Å². The van der Waals surface area contributed by atoms with Gasteiger partial charge in [0.25, 0.3) is 0 Å². The molecule has 1 fully saturated rings. The first kappa shape index (κ1) is 12.8. The van der Waals surface area contributed by atoms with Gasteiger partial charge in [-0.2, -0.15) is 0 Å². The van der Waals surface area contributed by atoms with E-state index in [-0.39, 0.29) is 12.5 Å². The molecule has 15 heavy (non-hydrogen) atoms. The molecule has 1 rings (SSSR count). The average Bonchev–Trinajstić information content (AvgIpc) is 2.21. The molecule has 0 aromatic rings. The molecule has 0 saturated heterocycles. The van der Waals surface area contributed by atoms with Crippen molar-refractivity contribution < 1.29 is 9.90 Å². The SMILES string of the molecule is CC1CCC(CO)(NC(=O)C(C)Cl)CC1. The predicted octanol–water partition coefficient (Wildman–Crippen LogP) is 1.67. The summed E-state index contributed by atoms with van der Waals surface area (Å²) < 4.78 is 0. The zero-order valence-corrected chi connectivity index (χ0v) is 10.2. The zero-order valence-electron chi connectivity index (χ0n) is 9.42. The van der Waals surface area contributed by atoms with Crippen LogP contribution in [0, 0.1) is 5.92 Å². The van der Waals surface area contributed by atoms with Crippen LogP contribution < -0.4 is 5.32 Å². The fourth-order valence-electron chi connectivity index (χ4n) is 2.00. The predicted molar refractivity (Wildman–Crippen MR) is 60.9 cm³/mol. The number of hydrogen-bond acceptors (Lipinski definition) is 2. The minimum absolute atomic E-state index is 0.00900. The number of amides is 1. The third-order valence-corrected chi connectivity index (χ3v) is 3.48. The molecule has 0 aromatic carbocycles. The van der Waals surface area contributed by atoms with Gasteiger partial charge in [-0.3, -0.25) is 4.79 Å². The van der Waals surface area contributed by atoms with Crippen LogP contribution in [0.4, 0.5) is 0 Å². The molecular weight excluding hydrogens is 214 g/mol. The number of carbonyl (C=O) groups excluding carboxylic acids is 1. The summed E-state index contributed by atoms with van der Waals surface area (Å²) in [5.41, 5.74) is -0.424. The first-order valence-electron chi connectivity index (χ1n) is 5.56. The minimum Gasteiger partial charge on any atom is -0.394 e. The van der Waals surface area contributed by atoms with Gasteiger partial charge in [0.1, 0.15) is 5.38 Å². The molecule has 88 valence electrons. The lowest BCUT2D eigenvalue weighted by atomic mass is 9.77. The van der Waals surface area contributed by atoms with E-state index in [4.69, 9.17) is 11.6 Å². The van der Waals surface area contributed by atoms with Gasteiger partial charge in [-0.05, 0) is 38.5 Å². The van der Waals surface area contributed by atoms with E-state index in [1.165, 1.54) is 0 Å². The van der Waals surface area contributed by atoms with E-state index in [2.05, 4.69) is 12.2 Å². The van der Waals surface area contributed by atoms with E-state index in [0.29, 0.717) is 5.92 Å². The Morgan fingerprint density at radius 1 is 1.60 bits per heavy atom. The van der Waals surface area contributed by atoms with Gasteiger partial charge in [-0.15, -0.1) is 11.6 Å². The Hall–Kier alpha value is -0.280. The fraction of sp³-hybridized carbons (Fsp3) is 0.909. The lowest BCUT2D eigenvalue weighted by molar-refractivity contribution is -0.123. The van der Waals surface area contributed by atoms with Crippen molar-refractivity contribution in [3.05, 3.63) is 0 Å². The number of alkyl halides is 1. The highest BCUT2D eigenvalue weighted by Gasteiger charge is 2.35. The number of aliphatic hydroxyl groups excluding tert-OH is 1. The van der Waals surface area contributed by atoms with E-state index >= 15 is 0 Å². The maximum absolute atomic E-state index is 11.5. The smallest absolute Gasteiger partial charge is 0.238 e. The Morgan fingerprint density at radius 3 is 2.53 bits per heavy atom. The second-order valence-electron chi connectivity index (χ2n) is 4.73. The van der Waals surface area contributed by atoms with Crippen LogP contribution in [0.25, 0.3) is 0 Å². The second-order valence-corrected chi connectivity index (χ2v) is 5.38. The summed E-state index contributed by atoms with van der Waals surface area (Å²) in [5.74, 6) is 0.510. The minimum atomic E-state index is -0.534. The van der Waals surface area contributed by atoms with Crippen LogP contribution >= 0.6 is 11.6 Å². The molecule has 0 aliphatic heterocycles. The molecule has 0 bridgehead atoms. The lowest BCUT2D eigenvalue weighted by Crippen LogP contribution is -2.54. The van der Waals surface area contributed by atoms with Crippen molar-refractivity contribution in [2.45, 2.75) is 50.4 Å². The summed E-state index contributed by atoms with van der Waals surface area (Å²) in [6.07, 6.45) is 3.80. The zero-order chi connectivity index (χ0) is 11.5. The maximum atomic E-state index is 11.5. The number of aliphatic hydroxyl groups is 1. The highest BCUT2D eigenvalue weighted by Crippen LogP contribution is 2.31. The van der Waals surface area contributed by atoms with Crippen LogP contribution in [0.3, 0.4) is 0 Å². The van der Waals surface area contributed by atoms with E-state index < -0.39 is 10.9 Å². The number of halogens is 1. The van der Waals surface area contributed by atoms with Gasteiger partial charge in [-0.25, -0.2) is 0 Å². The van der Waals surface area contributed by atoms with E-state index in [1.807, 2.05) is 0 Å². The first-order chi connectivity index (χ1) is 6.99. The van der Waals surface area contributed by atoms with Gasteiger partial charge in [-0.1, -0.05) is 6.92 Å². The molecule has 4 heteroatoms. The van der Waals surface area contributed by atoms with Crippen molar-refractivity contribution in [3.8, 4) is 0 Å². The maximum Gasteiger partial charge on any atom is 0.238 e. The van der Waals surface area contributed by atoms with E-state index in [1.54, 1.807) is 6.92 Å². The number of nitrogens with one attached hydrogen (secondary N) is 1. The number of hydrogen-bond donors (Lipinski definition) is 2. The fourth-order valence-corrected chi connectivity index (χ4v) is 2.05. The Bertz CT molecular complexity index is 223. The Balaban J connectivity index is 2.57. The number of rotatable bonds is 3. The van der Waals surface area contributed by atoms with Crippen molar-refractivity contribution in [2.24, 2.45) is 5.92 Å². The lowest BCUT2D eigenvalue weighted by Gasteiger charge is -2.39. The van der Waals surface area contributed by atoms with Gasteiger partial charge >= 0.3 is 0 Å². The topological polar surface area (TPSA) is 49.3 Å². The largest absolute Gasteiger partial charge is 0.394 e. The molecule has 1 aliphatic rings. The molecular formula is C11H20ClNO2. The van der Waals surface area contributed by atoms with Gasteiger partial charge in [0.2, 0.25) is 5.91 Å². The summed E-state index contributed by atoms with van der Waals surface area (Å²) >= 11 is 5.70. The molecule has 0 heterocycles. The van der Waals surface area contributed by atoms with Crippen molar-refractivity contribution >= 4 is 17.5 Å². The summed E-state index contributed by atoms with van der Waals surface area (Å²) in [7, 11) is 0. The van der Waals surface area contributed by atoms with Crippen LogP contribution in [0.2, 0.25) is 0 Å². The van der Waals surface area contributed by atoms with Crippen molar-refractivity contribution in [2.75, 3.05) is 6.61 Å². The van der Waals surface area contributed by atoms with Crippen molar-refractivity contribution in [1.82, 2.24) is 5.32 Å². The monoisotopic (exact) mass is 233 g/mol. The molecule has 1 unspecified atom stereocenters. The third kappa shape index (κ3) is 3.35. The highest BCUT2D eigenvalue weighted by molar-refractivity contribution is 6.30. The summed E-state index contributed by atoms with van der Waals surface area (Å²) in [6.45, 7) is 3.86. The third-order valence-electron chi connectivity index (χ3n) is 3.28. The molecule has 1 atom stereocenters. The van der Waals surface area contributed by atoms with Crippen LogP contribution in [0.1, 0.15) is 39.5 Å². The molecule has 3 nitrogen and oxygen atoms in total. The average molecular weight is 234 g/mol. The van der Waals surface area contributed by atoms with Gasteiger partial charge in [0.05, 0.1) is 12.1 Å². The second kappa shape index (κ2) is 5.17. The molecule has 1 amide bonds. The van der Waals surface area contributed by atoms with Crippen LogP contribution in [-0.2, 0) is 4.79 Å². The van der Waals surface area contributed by atoms with Crippen LogP contribution in [-0.4, -0.2) is 28.5 Å². The molecule has 0 spiro atoms. The normalized spacial score (nSPS) is 33.5. The first-order valence-corrected chi connectivity index (χ1v) is 6.00. The quantitative estimate of drug-likeness (QED) is 0.729. The molecule has 0 radical (unpaired) electrons. The summed E-state index contributed by atoms with van der Waals surface area (Å²) in [5, 5.41) is 11.7. The Labute approximate surface area is 96.2 Å². The van der Waals surface area contributed by atoms with Gasteiger partial charge < -0.3 is 10.4 Å². The van der Waals surface area contributed by atoms with Gasteiger partial charge in [0.15, 0.2) is 0 Å². The number of carbonyl (C=O) groups is 1. The standard InChI is InChI=1S/C11H20ClNO2/c1-8-3-5-11(7-14,6-4-8)13-10(15)9(2)12/h8-9,14H,3-7H2,1-2H3,(H,13,15). The van der Waals surface area contributed by atoms with Gasteiger partial charge in [0, 0.05) is 0 Å². The Morgan fingerprint density at radius 2 is 2.13 bits per heavy atom.